The van der Waals surface area contributed by atoms with Crippen LogP contribution in [0.25, 0.3) is 0 Å². The smallest absolute Gasteiger partial charge is 0.225 e. The molecule has 0 aliphatic carbocycles. The van der Waals surface area contributed by atoms with E-state index in [0.717, 1.165) is 35.2 Å². The van der Waals surface area contributed by atoms with Crippen LogP contribution in [0.2, 0.25) is 0 Å². The number of benzene rings is 1. The van der Waals surface area contributed by atoms with E-state index in [1.165, 1.54) is 0 Å². The maximum absolute atomic E-state index is 12.2. The fourth-order valence-electron chi connectivity index (χ4n) is 2.41. The van der Waals surface area contributed by atoms with Gasteiger partial charge < -0.3 is 14.8 Å². The van der Waals surface area contributed by atoms with E-state index in [-0.39, 0.29) is 17.9 Å². The number of amides is 1. The highest BCUT2D eigenvalue weighted by Gasteiger charge is 2.28. The summed E-state index contributed by atoms with van der Waals surface area (Å²) in [7, 11) is 1.63. The van der Waals surface area contributed by atoms with Gasteiger partial charge in [-0.15, -0.1) is 0 Å². The number of carbonyl (C=O) groups excluding carboxylic acids is 1. The maximum Gasteiger partial charge on any atom is 0.225 e. The van der Waals surface area contributed by atoms with E-state index >= 15 is 0 Å². The Balaban J connectivity index is 1.91. The van der Waals surface area contributed by atoms with Crippen molar-refractivity contribution in [2.75, 3.05) is 13.7 Å². The SMILES string of the molecule is COc1ccc(CNC(=O)C2CCCOC2C)cc1Br. The summed E-state index contributed by atoms with van der Waals surface area (Å²) in [5.41, 5.74) is 1.04. The molecule has 1 N–H and O–H groups in total. The summed E-state index contributed by atoms with van der Waals surface area (Å²) in [6.07, 6.45) is 1.86. The molecule has 1 aliphatic rings. The fraction of sp³-hybridized carbons (Fsp3) is 0.533. The monoisotopic (exact) mass is 341 g/mol. The molecule has 1 aliphatic heterocycles. The number of ether oxygens (including phenoxy) is 2. The second kappa shape index (κ2) is 7.09. The van der Waals surface area contributed by atoms with Gasteiger partial charge in [0.05, 0.1) is 23.6 Å². The van der Waals surface area contributed by atoms with Crippen LogP contribution in [0, 0.1) is 5.92 Å². The molecule has 1 amide bonds. The largest absolute Gasteiger partial charge is 0.496 e. The average Bonchev–Trinajstić information content (AvgIpc) is 2.45. The molecule has 0 bridgehead atoms. The van der Waals surface area contributed by atoms with Gasteiger partial charge >= 0.3 is 0 Å². The van der Waals surface area contributed by atoms with Crippen molar-refractivity contribution < 1.29 is 14.3 Å². The van der Waals surface area contributed by atoms with Gasteiger partial charge in [-0.1, -0.05) is 6.07 Å². The quantitative estimate of drug-likeness (QED) is 0.915. The summed E-state index contributed by atoms with van der Waals surface area (Å²) in [6.45, 7) is 3.24. The first-order chi connectivity index (χ1) is 9.61. The molecule has 2 rings (SSSR count). The van der Waals surface area contributed by atoms with Crippen LogP contribution in [0.4, 0.5) is 0 Å². The lowest BCUT2D eigenvalue weighted by Crippen LogP contribution is -2.39. The zero-order valence-electron chi connectivity index (χ0n) is 11.8. The highest BCUT2D eigenvalue weighted by Crippen LogP contribution is 2.25. The number of methoxy groups -OCH3 is 1. The van der Waals surface area contributed by atoms with E-state index in [2.05, 4.69) is 21.2 Å². The second-order valence-corrected chi connectivity index (χ2v) is 5.87. The highest BCUT2D eigenvalue weighted by atomic mass is 79.9. The standard InChI is InChI=1S/C15H20BrNO3/c1-10-12(4-3-7-20-10)15(18)17-9-11-5-6-14(19-2)13(16)8-11/h5-6,8,10,12H,3-4,7,9H2,1-2H3,(H,17,18). The summed E-state index contributed by atoms with van der Waals surface area (Å²) in [4.78, 5) is 12.2. The molecule has 0 spiro atoms. The minimum atomic E-state index is -0.0366. The molecule has 5 heteroatoms. The van der Waals surface area contributed by atoms with Gasteiger partial charge in [0.1, 0.15) is 5.75 Å². The molecule has 1 heterocycles. The normalized spacial score (nSPS) is 22.4. The van der Waals surface area contributed by atoms with Crippen LogP contribution in [-0.2, 0) is 16.1 Å². The zero-order chi connectivity index (χ0) is 14.5. The van der Waals surface area contributed by atoms with Crippen LogP contribution < -0.4 is 10.1 Å². The minimum Gasteiger partial charge on any atom is -0.496 e. The Morgan fingerprint density at radius 1 is 1.55 bits per heavy atom. The molecule has 20 heavy (non-hydrogen) atoms. The predicted molar refractivity (Wildman–Crippen MR) is 80.7 cm³/mol. The van der Waals surface area contributed by atoms with Crippen LogP contribution >= 0.6 is 15.9 Å². The predicted octanol–water partition coefficient (Wildman–Crippen LogP) is 2.89. The van der Waals surface area contributed by atoms with Crippen molar-refractivity contribution in [1.29, 1.82) is 0 Å². The van der Waals surface area contributed by atoms with Crippen LogP contribution in [0.5, 0.6) is 5.75 Å². The Kier molecular flexibility index (Phi) is 5.43. The van der Waals surface area contributed by atoms with Gasteiger partial charge in [-0.05, 0) is 53.4 Å². The summed E-state index contributed by atoms with van der Waals surface area (Å²) in [6, 6.07) is 5.79. The van der Waals surface area contributed by atoms with Crippen molar-refractivity contribution in [2.45, 2.75) is 32.4 Å². The van der Waals surface area contributed by atoms with Gasteiger partial charge in [-0.2, -0.15) is 0 Å². The van der Waals surface area contributed by atoms with E-state index in [1.807, 2.05) is 25.1 Å². The average molecular weight is 342 g/mol. The van der Waals surface area contributed by atoms with Gasteiger partial charge in [0.2, 0.25) is 5.91 Å². The number of hydrogen-bond acceptors (Lipinski definition) is 3. The van der Waals surface area contributed by atoms with Crippen LogP contribution in [-0.4, -0.2) is 25.7 Å². The molecule has 4 nitrogen and oxygen atoms in total. The molecule has 110 valence electrons. The van der Waals surface area contributed by atoms with Gasteiger partial charge in [0, 0.05) is 13.2 Å². The minimum absolute atomic E-state index is 0.00588. The van der Waals surface area contributed by atoms with Crippen molar-refractivity contribution in [2.24, 2.45) is 5.92 Å². The first kappa shape index (κ1) is 15.3. The number of nitrogens with one attached hydrogen (secondary N) is 1. The molecule has 0 saturated carbocycles. The number of rotatable bonds is 4. The van der Waals surface area contributed by atoms with E-state index in [4.69, 9.17) is 9.47 Å². The van der Waals surface area contributed by atoms with Crippen LogP contribution in [0.3, 0.4) is 0 Å². The lowest BCUT2D eigenvalue weighted by molar-refractivity contribution is -0.133. The summed E-state index contributed by atoms with van der Waals surface area (Å²) in [5.74, 6) is 0.823. The van der Waals surface area contributed by atoms with Crippen LogP contribution in [0.15, 0.2) is 22.7 Å². The molecular weight excluding hydrogens is 322 g/mol. The third-order valence-electron chi connectivity index (χ3n) is 3.63. The van der Waals surface area contributed by atoms with Crippen molar-refractivity contribution in [3.8, 4) is 5.75 Å². The van der Waals surface area contributed by atoms with E-state index in [0.29, 0.717) is 6.54 Å². The molecule has 1 fully saturated rings. The summed E-state index contributed by atoms with van der Waals surface area (Å²) < 4.78 is 11.6. The molecule has 1 aromatic carbocycles. The molecular formula is C15H20BrNO3. The first-order valence-corrected chi connectivity index (χ1v) is 7.63. The Morgan fingerprint density at radius 2 is 2.35 bits per heavy atom. The third-order valence-corrected chi connectivity index (χ3v) is 4.25. The molecule has 2 unspecified atom stereocenters. The van der Waals surface area contributed by atoms with Crippen molar-refractivity contribution in [3.05, 3.63) is 28.2 Å². The topological polar surface area (TPSA) is 47.6 Å². The van der Waals surface area contributed by atoms with Gasteiger partial charge in [0.15, 0.2) is 0 Å². The Labute approximate surface area is 128 Å². The van der Waals surface area contributed by atoms with E-state index < -0.39 is 0 Å². The summed E-state index contributed by atoms with van der Waals surface area (Å²) in [5, 5.41) is 2.98. The lowest BCUT2D eigenvalue weighted by atomic mass is 9.94. The van der Waals surface area contributed by atoms with Gasteiger partial charge in [-0.3, -0.25) is 4.79 Å². The molecule has 2 atom stereocenters. The molecule has 0 aromatic heterocycles. The van der Waals surface area contributed by atoms with Gasteiger partial charge in [-0.25, -0.2) is 0 Å². The highest BCUT2D eigenvalue weighted by molar-refractivity contribution is 9.10. The van der Waals surface area contributed by atoms with Crippen molar-refractivity contribution >= 4 is 21.8 Å². The number of carbonyl (C=O) groups is 1. The maximum atomic E-state index is 12.2. The Morgan fingerprint density at radius 3 is 3.00 bits per heavy atom. The Bertz CT molecular complexity index is 478. The molecule has 1 aromatic rings. The fourth-order valence-corrected chi connectivity index (χ4v) is 3.00. The van der Waals surface area contributed by atoms with Crippen LogP contribution in [0.1, 0.15) is 25.3 Å². The summed E-state index contributed by atoms with van der Waals surface area (Å²) >= 11 is 3.44. The molecule has 1 saturated heterocycles. The number of hydrogen-bond donors (Lipinski definition) is 1. The first-order valence-electron chi connectivity index (χ1n) is 6.83. The van der Waals surface area contributed by atoms with Crippen molar-refractivity contribution in [3.63, 3.8) is 0 Å². The van der Waals surface area contributed by atoms with E-state index in [9.17, 15) is 4.79 Å². The van der Waals surface area contributed by atoms with E-state index in [1.54, 1.807) is 7.11 Å². The molecule has 0 radical (unpaired) electrons. The Hall–Kier alpha value is -1.07. The number of halogens is 1. The van der Waals surface area contributed by atoms with Gasteiger partial charge in [0.25, 0.3) is 0 Å². The zero-order valence-corrected chi connectivity index (χ0v) is 13.4. The second-order valence-electron chi connectivity index (χ2n) is 5.01. The lowest BCUT2D eigenvalue weighted by Gasteiger charge is -2.28. The van der Waals surface area contributed by atoms with Crippen molar-refractivity contribution in [1.82, 2.24) is 5.32 Å². The third kappa shape index (κ3) is 3.73.